The maximum Gasteiger partial charge on any atom is 0.339 e. The molecule has 6 heteroatoms. The van der Waals surface area contributed by atoms with Gasteiger partial charge < -0.3 is 20.5 Å². The number of carbonyl (C=O) groups is 1. The highest BCUT2D eigenvalue weighted by molar-refractivity contribution is 5.95. The molecule has 0 atom stereocenters. The number of hydrogen-bond acceptors (Lipinski definition) is 5. The van der Waals surface area contributed by atoms with E-state index in [2.05, 4.69) is 4.98 Å². The van der Waals surface area contributed by atoms with Gasteiger partial charge in [-0.15, -0.1) is 0 Å². The molecule has 1 aliphatic heterocycles. The van der Waals surface area contributed by atoms with E-state index < -0.39 is 5.97 Å². The van der Waals surface area contributed by atoms with Crippen molar-refractivity contribution in [1.82, 2.24) is 4.98 Å². The zero-order valence-electron chi connectivity index (χ0n) is 11.3. The van der Waals surface area contributed by atoms with Crippen LogP contribution in [0, 0.1) is 0 Å². The van der Waals surface area contributed by atoms with Crippen molar-refractivity contribution >= 4 is 23.2 Å². The highest BCUT2D eigenvalue weighted by atomic mass is 16.5. The van der Waals surface area contributed by atoms with Gasteiger partial charge in [0, 0.05) is 6.54 Å². The largest absolute Gasteiger partial charge is 0.491 e. The third-order valence-corrected chi connectivity index (χ3v) is 3.31. The summed E-state index contributed by atoms with van der Waals surface area (Å²) < 4.78 is 5.68. The van der Waals surface area contributed by atoms with E-state index in [4.69, 9.17) is 10.5 Å². The molecule has 0 spiro atoms. The number of benzene rings is 1. The monoisotopic (exact) mass is 285 g/mol. The van der Waals surface area contributed by atoms with E-state index in [1.165, 1.54) is 12.3 Å². The molecule has 0 unspecified atom stereocenters. The van der Waals surface area contributed by atoms with E-state index in [-0.39, 0.29) is 5.56 Å². The second-order valence-corrected chi connectivity index (χ2v) is 4.77. The van der Waals surface area contributed by atoms with Gasteiger partial charge in [0.15, 0.2) is 0 Å². The Hall–Kier alpha value is -2.76. The van der Waals surface area contributed by atoms with E-state index in [9.17, 15) is 9.90 Å². The van der Waals surface area contributed by atoms with Crippen molar-refractivity contribution in [3.8, 4) is 5.75 Å². The number of nitrogens with zero attached hydrogens (tertiary/aromatic N) is 2. The van der Waals surface area contributed by atoms with E-state index in [1.54, 1.807) is 0 Å². The first-order valence-electron chi connectivity index (χ1n) is 6.65. The number of pyridine rings is 1. The van der Waals surface area contributed by atoms with E-state index >= 15 is 0 Å². The van der Waals surface area contributed by atoms with Crippen LogP contribution in [0.4, 0.5) is 17.2 Å². The molecule has 2 heterocycles. The Bertz CT molecular complexity index is 688. The Morgan fingerprint density at radius 2 is 2.19 bits per heavy atom. The number of anilines is 3. The highest BCUT2D eigenvalue weighted by Crippen LogP contribution is 2.36. The van der Waals surface area contributed by atoms with Crippen LogP contribution in [0.2, 0.25) is 0 Å². The Labute approximate surface area is 121 Å². The van der Waals surface area contributed by atoms with Crippen molar-refractivity contribution in [2.75, 3.05) is 23.8 Å². The first-order valence-corrected chi connectivity index (χ1v) is 6.65. The summed E-state index contributed by atoms with van der Waals surface area (Å²) in [5.74, 6) is 0.0621. The van der Waals surface area contributed by atoms with Crippen molar-refractivity contribution in [2.24, 2.45) is 0 Å². The molecule has 21 heavy (non-hydrogen) atoms. The molecule has 0 fully saturated rings. The van der Waals surface area contributed by atoms with E-state index in [0.29, 0.717) is 24.7 Å². The van der Waals surface area contributed by atoms with Crippen molar-refractivity contribution < 1.29 is 14.6 Å². The number of carboxylic acids is 1. The predicted octanol–water partition coefficient (Wildman–Crippen LogP) is 2.28. The van der Waals surface area contributed by atoms with Gasteiger partial charge in [0.1, 0.15) is 17.1 Å². The number of hydrogen-bond donors (Lipinski definition) is 2. The zero-order chi connectivity index (χ0) is 14.8. The molecule has 1 aromatic heterocycles. The predicted molar refractivity (Wildman–Crippen MR) is 79.2 cm³/mol. The van der Waals surface area contributed by atoms with Crippen LogP contribution in [0.15, 0.2) is 36.5 Å². The third-order valence-electron chi connectivity index (χ3n) is 3.31. The fourth-order valence-electron chi connectivity index (χ4n) is 2.39. The minimum absolute atomic E-state index is 0.0895. The van der Waals surface area contributed by atoms with Crippen LogP contribution in [-0.4, -0.2) is 29.2 Å². The molecule has 0 saturated carbocycles. The summed E-state index contributed by atoms with van der Waals surface area (Å²) in [7, 11) is 0. The number of nitrogens with two attached hydrogens (primary N) is 1. The summed E-state index contributed by atoms with van der Waals surface area (Å²) in [4.78, 5) is 17.6. The lowest BCUT2D eigenvalue weighted by molar-refractivity contribution is 0.0697. The molecule has 1 aliphatic rings. The van der Waals surface area contributed by atoms with E-state index in [0.717, 1.165) is 17.9 Å². The molecule has 6 nitrogen and oxygen atoms in total. The lowest BCUT2D eigenvalue weighted by atomic mass is 10.2. The van der Waals surface area contributed by atoms with Crippen molar-refractivity contribution in [1.29, 1.82) is 0 Å². The minimum atomic E-state index is -1.05. The maximum absolute atomic E-state index is 11.5. The topological polar surface area (TPSA) is 88.7 Å². The molecule has 3 rings (SSSR count). The minimum Gasteiger partial charge on any atom is -0.491 e. The van der Waals surface area contributed by atoms with Gasteiger partial charge in [0.2, 0.25) is 0 Å². The fourth-order valence-corrected chi connectivity index (χ4v) is 2.39. The maximum atomic E-state index is 11.5. The molecule has 108 valence electrons. The Morgan fingerprint density at radius 3 is 3.00 bits per heavy atom. The van der Waals surface area contributed by atoms with Crippen LogP contribution in [0.3, 0.4) is 0 Å². The summed E-state index contributed by atoms with van der Waals surface area (Å²) in [5, 5.41) is 9.39. The number of rotatable bonds is 2. The average molecular weight is 285 g/mol. The molecule has 1 aromatic carbocycles. The molecular formula is C15H15N3O3. The quantitative estimate of drug-likeness (QED) is 0.880. The number of carboxylic acid groups (broad SMARTS) is 1. The zero-order valence-corrected chi connectivity index (χ0v) is 11.3. The highest BCUT2D eigenvalue weighted by Gasteiger charge is 2.23. The lowest BCUT2D eigenvalue weighted by Gasteiger charge is -2.24. The Morgan fingerprint density at radius 1 is 1.38 bits per heavy atom. The number of aromatic nitrogens is 1. The molecule has 0 radical (unpaired) electrons. The summed E-state index contributed by atoms with van der Waals surface area (Å²) in [5.41, 5.74) is 6.88. The average Bonchev–Trinajstić information content (AvgIpc) is 2.69. The van der Waals surface area contributed by atoms with Crippen LogP contribution < -0.4 is 15.4 Å². The van der Waals surface area contributed by atoms with Crippen LogP contribution in [0.25, 0.3) is 0 Å². The molecule has 2 aromatic rings. The standard InChI is InChI=1S/C15H15N3O3/c16-10-8-11(15(19)20)14(17-9-10)18-6-3-7-21-13-5-2-1-4-12(13)18/h1-2,4-5,8-9H,3,6-7,16H2,(H,19,20). The van der Waals surface area contributed by atoms with Gasteiger partial charge in [-0.3, -0.25) is 0 Å². The summed E-state index contributed by atoms with van der Waals surface area (Å²) in [6.45, 7) is 1.22. The SMILES string of the molecule is Nc1cnc(N2CCCOc3ccccc32)c(C(=O)O)c1. The smallest absolute Gasteiger partial charge is 0.339 e. The van der Waals surface area contributed by atoms with Crippen LogP contribution >= 0.6 is 0 Å². The van der Waals surface area contributed by atoms with Gasteiger partial charge in [-0.1, -0.05) is 12.1 Å². The fraction of sp³-hybridized carbons (Fsp3) is 0.200. The van der Waals surface area contributed by atoms with Gasteiger partial charge in [0.05, 0.1) is 24.2 Å². The van der Waals surface area contributed by atoms with Gasteiger partial charge in [-0.2, -0.15) is 0 Å². The normalized spacial score (nSPS) is 14.0. The van der Waals surface area contributed by atoms with Crippen LogP contribution in [0.1, 0.15) is 16.8 Å². The molecular weight excluding hydrogens is 270 g/mol. The number of para-hydroxylation sites is 2. The summed E-state index contributed by atoms with van der Waals surface area (Å²) in [6, 6.07) is 8.96. The summed E-state index contributed by atoms with van der Waals surface area (Å²) in [6.07, 6.45) is 2.25. The lowest BCUT2D eigenvalue weighted by Crippen LogP contribution is -2.22. The van der Waals surface area contributed by atoms with E-state index in [1.807, 2.05) is 29.2 Å². The molecule has 0 bridgehead atoms. The van der Waals surface area contributed by atoms with Crippen LogP contribution in [-0.2, 0) is 0 Å². The van der Waals surface area contributed by atoms with Crippen molar-refractivity contribution in [2.45, 2.75) is 6.42 Å². The third kappa shape index (κ3) is 2.47. The Kier molecular flexibility index (Phi) is 3.35. The van der Waals surface area contributed by atoms with Crippen molar-refractivity contribution in [3.63, 3.8) is 0 Å². The van der Waals surface area contributed by atoms with Crippen LogP contribution in [0.5, 0.6) is 5.75 Å². The first kappa shape index (κ1) is 13.2. The molecule has 0 saturated heterocycles. The second-order valence-electron chi connectivity index (χ2n) is 4.77. The number of ether oxygens (including phenoxy) is 1. The molecule has 0 amide bonds. The molecule has 0 aliphatic carbocycles. The van der Waals surface area contributed by atoms with Crippen molar-refractivity contribution in [3.05, 3.63) is 42.1 Å². The Balaban J connectivity index is 2.14. The number of aromatic carboxylic acids is 1. The molecule has 3 N–H and O–H groups in total. The second kappa shape index (κ2) is 5.32. The summed E-state index contributed by atoms with van der Waals surface area (Å²) >= 11 is 0. The van der Waals surface area contributed by atoms with Gasteiger partial charge in [0.25, 0.3) is 0 Å². The number of fused-ring (bicyclic) bond motifs is 1. The van der Waals surface area contributed by atoms with Gasteiger partial charge in [-0.05, 0) is 24.6 Å². The first-order chi connectivity index (χ1) is 10.2. The number of nitrogen functional groups attached to an aromatic ring is 1. The van der Waals surface area contributed by atoms with Gasteiger partial charge in [-0.25, -0.2) is 9.78 Å². The van der Waals surface area contributed by atoms with Gasteiger partial charge >= 0.3 is 5.97 Å².